The Balaban J connectivity index is 0.00000169. The van der Waals surface area contributed by atoms with Crippen LogP contribution in [0.3, 0.4) is 0 Å². The van der Waals surface area contributed by atoms with Crippen LogP contribution >= 0.6 is 35.3 Å². The molecule has 1 aromatic heterocycles. The topological polar surface area (TPSA) is 72.2 Å². The van der Waals surface area contributed by atoms with Gasteiger partial charge in [0.25, 0.3) is 0 Å². The first-order chi connectivity index (χ1) is 6.06. The lowest BCUT2D eigenvalue weighted by atomic mass is 10.7. The van der Waals surface area contributed by atoms with Gasteiger partial charge in [0.05, 0.1) is 4.34 Å². The first-order valence-corrected chi connectivity index (χ1v) is 6.19. The van der Waals surface area contributed by atoms with Gasteiger partial charge in [-0.3, -0.25) is 0 Å². The second-order valence-corrected chi connectivity index (χ2v) is 5.95. The quantitative estimate of drug-likeness (QED) is 0.864. The fraction of sp³-hybridized carbons (Fsp3) is 0.333. The largest absolute Gasteiger partial charge is 0.329 e. The van der Waals surface area contributed by atoms with Crippen molar-refractivity contribution in [3.63, 3.8) is 0 Å². The average molecular weight is 277 g/mol. The lowest BCUT2D eigenvalue weighted by molar-refractivity contribution is 0.584. The molecule has 0 amide bonds. The van der Waals surface area contributed by atoms with Gasteiger partial charge in [0.15, 0.2) is 0 Å². The zero-order chi connectivity index (χ0) is 9.90. The average Bonchev–Trinajstić information content (AvgIpc) is 2.49. The minimum absolute atomic E-state index is 0. The Morgan fingerprint density at radius 1 is 1.50 bits per heavy atom. The summed E-state index contributed by atoms with van der Waals surface area (Å²) in [7, 11) is -3.40. The minimum Gasteiger partial charge on any atom is -0.329 e. The molecule has 0 saturated heterocycles. The van der Waals surface area contributed by atoms with E-state index in [1.54, 1.807) is 6.07 Å². The van der Waals surface area contributed by atoms with E-state index in [4.69, 9.17) is 17.3 Å². The van der Waals surface area contributed by atoms with Crippen molar-refractivity contribution in [1.82, 2.24) is 4.72 Å². The molecule has 1 rings (SSSR count). The molecule has 0 bridgehead atoms. The van der Waals surface area contributed by atoms with E-state index in [0.717, 1.165) is 11.3 Å². The van der Waals surface area contributed by atoms with E-state index in [0.29, 0.717) is 4.34 Å². The van der Waals surface area contributed by atoms with Gasteiger partial charge in [0, 0.05) is 13.1 Å². The third-order valence-electron chi connectivity index (χ3n) is 1.25. The number of halogens is 2. The summed E-state index contributed by atoms with van der Waals surface area (Å²) < 4.78 is 25.8. The maximum Gasteiger partial charge on any atom is 0.250 e. The van der Waals surface area contributed by atoms with Gasteiger partial charge >= 0.3 is 0 Å². The third kappa shape index (κ3) is 3.72. The van der Waals surface area contributed by atoms with Gasteiger partial charge in [-0.25, -0.2) is 13.1 Å². The Morgan fingerprint density at radius 2 is 2.14 bits per heavy atom. The molecule has 4 nitrogen and oxygen atoms in total. The molecule has 0 aliphatic carbocycles. The highest BCUT2D eigenvalue weighted by Crippen LogP contribution is 2.24. The molecule has 82 valence electrons. The smallest absolute Gasteiger partial charge is 0.250 e. The van der Waals surface area contributed by atoms with Crippen LogP contribution in [0.4, 0.5) is 0 Å². The lowest BCUT2D eigenvalue weighted by Gasteiger charge is -2.01. The number of sulfonamides is 1. The number of hydrogen-bond donors (Lipinski definition) is 2. The van der Waals surface area contributed by atoms with Gasteiger partial charge in [-0.05, 0) is 12.1 Å². The molecule has 0 aromatic carbocycles. The summed E-state index contributed by atoms with van der Waals surface area (Å²) >= 11 is 6.62. The normalized spacial score (nSPS) is 11.0. The van der Waals surface area contributed by atoms with E-state index in [1.165, 1.54) is 6.07 Å². The molecule has 0 spiro atoms. The second-order valence-electron chi connectivity index (χ2n) is 2.24. The lowest BCUT2D eigenvalue weighted by Crippen LogP contribution is -2.28. The van der Waals surface area contributed by atoms with Crippen LogP contribution in [0.2, 0.25) is 4.34 Å². The first kappa shape index (κ1) is 14.2. The van der Waals surface area contributed by atoms with Crippen LogP contribution in [-0.4, -0.2) is 21.5 Å². The van der Waals surface area contributed by atoms with Gasteiger partial charge < -0.3 is 5.73 Å². The van der Waals surface area contributed by atoms with Crippen molar-refractivity contribution in [3.05, 3.63) is 16.5 Å². The predicted molar refractivity (Wildman–Crippen MR) is 60.8 cm³/mol. The standard InChI is InChI=1S/C6H9ClN2O2S2.ClH/c7-5-1-2-6(12-5)13(10,11)9-4-3-8;/h1-2,9H,3-4,8H2;1H. The Labute approximate surface area is 97.9 Å². The van der Waals surface area contributed by atoms with E-state index in [2.05, 4.69) is 4.72 Å². The monoisotopic (exact) mass is 276 g/mol. The number of nitrogens with one attached hydrogen (secondary N) is 1. The van der Waals surface area contributed by atoms with E-state index < -0.39 is 10.0 Å². The Morgan fingerprint density at radius 3 is 2.57 bits per heavy atom. The highest BCUT2D eigenvalue weighted by Gasteiger charge is 2.14. The van der Waals surface area contributed by atoms with E-state index in [9.17, 15) is 8.42 Å². The van der Waals surface area contributed by atoms with E-state index in [1.807, 2.05) is 0 Å². The summed E-state index contributed by atoms with van der Waals surface area (Å²) in [5.74, 6) is 0. The molecule has 14 heavy (non-hydrogen) atoms. The minimum atomic E-state index is -3.40. The number of hydrogen-bond acceptors (Lipinski definition) is 4. The maximum absolute atomic E-state index is 11.4. The molecule has 0 fully saturated rings. The summed E-state index contributed by atoms with van der Waals surface area (Å²) in [6.07, 6.45) is 0. The number of nitrogens with two attached hydrogens (primary N) is 1. The molecular weight excluding hydrogens is 267 g/mol. The fourth-order valence-electron chi connectivity index (χ4n) is 0.707. The SMILES string of the molecule is Cl.NCCNS(=O)(=O)c1ccc(Cl)s1. The van der Waals surface area contributed by atoms with E-state index in [-0.39, 0.29) is 29.7 Å². The van der Waals surface area contributed by atoms with Gasteiger partial charge in [-0.2, -0.15) is 0 Å². The Hall–Kier alpha value is 0.150. The van der Waals surface area contributed by atoms with Crippen molar-refractivity contribution in [3.8, 4) is 0 Å². The molecule has 0 radical (unpaired) electrons. The van der Waals surface area contributed by atoms with Gasteiger partial charge in [-0.1, -0.05) is 11.6 Å². The van der Waals surface area contributed by atoms with Crippen molar-refractivity contribution in [1.29, 1.82) is 0 Å². The van der Waals surface area contributed by atoms with Gasteiger partial charge in [-0.15, -0.1) is 23.7 Å². The summed E-state index contributed by atoms with van der Waals surface area (Å²) in [5, 5.41) is 0. The molecule has 0 atom stereocenters. The zero-order valence-electron chi connectivity index (χ0n) is 7.07. The number of rotatable bonds is 4. The van der Waals surface area contributed by atoms with Crippen LogP contribution in [0, 0.1) is 0 Å². The summed E-state index contributed by atoms with van der Waals surface area (Å²) in [6, 6.07) is 3.01. The van der Waals surface area contributed by atoms with Gasteiger partial charge in [0.1, 0.15) is 4.21 Å². The molecule has 3 N–H and O–H groups in total. The van der Waals surface area contributed by atoms with Crippen molar-refractivity contribution in [2.45, 2.75) is 4.21 Å². The third-order valence-corrected chi connectivity index (χ3v) is 4.43. The molecule has 0 unspecified atom stereocenters. The van der Waals surface area contributed by atoms with Crippen molar-refractivity contribution in [2.24, 2.45) is 5.73 Å². The second kappa shape index (κ2) is 5.89. The van der Waals surface area contributed by atoms with Crippen LogP contribution in [0.25, 0.3) is 0 Å². The molecule has 1 aromatic rings. The summed E-state index contributed by atoms with van der Waals surface area (Å²) in [5.41, 5.74) is 5.17. The Bertz CT molecular complexity index is 377. The predicted octanol–water partition coefficient (Wildman–Crippen LogP) is 1.06. The van der Waals surface area contributed by atoms with Crippen molar-refractivity contribution < 1.29 is 8.42 Å². The highest BCUT2D eigenvalue weighted by molar-refractivity contribution is 7.91. The molecule has 0 aliphatic heterocycles. The maximum atomic E-state index is 11.4. The zero-order valence-corrected chi connectivity index (χ0v) is 10.3. The fourth-order valence-corrected chi connectivity index (χ4v) is 3.28. The van der Waals surface area contributed by atoms with Crippen LogP contribution in [-0.2, 0) is 10.0 Å². The molecule has 0 saturated carbocycles. The van der Waals surface area contributed by atoms with Crippen LogP contribution in [0.1, 0.15) is 0 Å². The molecule has 0 aliphatic rings. The van der Waals surface area contributed by atoms with Crippen LogP contribution < -0.4 is 10.5 Å². The number of thiophene rings is 1. The Kier molecular flexibility index (Phi) is 5.96. The van der Waals surface area contributed by atoms with Crippen molar-refractivity contribution >= 4 is 45.4 Å². The summed E-state index contributed by atoms with van der Waals surface area (Å²) in [4.78, 5) is 0. The van der Waals surface area contributed by atoms with Crippen LogP contribution in [0.5, 0.6) is 0 Å². The first-order valence-electron chi connectivity index (χ1n) is 3.51. The molecule has 8 heteroatoms. The summed E-state index contributed by atoms with van der Waals surface area (Å²) in [6.45, 7) is 0.510. The molecule has 1 heterocycles. The molecular formula is C6H10Cl2N2O2S2. The highest BCUT2D eigenvalue weighted by atomic mass is 35.5. The van der Waals surface area contributed by atoms with Crippen molar-refractivity contribution in [2.75, 3.05) is 13.1 Å². The van der Waals surface area contributed by atoms with Crippen LogP contribution in [0.15, 0.2) is 16.3 Å². The van der Waals surface area contributed by atoms with E-state index >= 15 is 0 Å². The van der Waals surface area contributed by atoms with Gasteiger partial charge in [0.2, 0.25) is 10.0 Å².